The lowest BCUT2D eigenvalue weighted by Gasteiger charge is -2.64. The molecule has 1 saturated heterocycles. The van der Waals surface area contributed by atoms with Crippen LogP contribution in [0.2, 0.25) is 0 Å². The van der Waals surface area contributed by atoms with Gasteiger partial charge in [-0.15, -0.1) is 0 Å². The molecule has 0 unspecified atom stereocenters. The Bertz CT molecular complexity index is 1160. The third-order valence-corrected chi connectivity index (χ3v) is 10.1. The fraction of sp³-hybridized carbons (Fsp3) is 0.833. The molecule has 5 amide bonds. The van der Waals surface area contributed by atoms with Crippen molar-refractivity contribution in [2.75, 3.05) is 13.1 Å². The zero-order valence-electron chi connectivity index (χ0n) is 28.5. The topological polar surface area (TPSA) is 262 Å². The van der Waals surface area contributed by atoms with Crippen molar-refractivity contribution in [2.24, 2.45) is 34.5 Å². The van der Waals surface area contributed by atoms with Crippen molar-refractivity contribution in [3.05, 3.63) is 0 Å². The molecular weight excluding hydrogens is 611 g/mol. The first-order valence-corrected chi connectivity index (χ1v) is 16.6. The summed E-state index contributed by atoms with van der Waals surface area (Å²) >= 11 is 0. The largest absolute Gasteiger partial charge is 0.497 e. The van der Waals surface area contributed by atoms with Gasteiger partial charge >= 0.3 is 7.12 Å². The Balaban J connectivity index is 1.60. The van der Waals surface area contributed by atoms with E-state index >= 15 is 0 Å². The van der Waals surface area contributed by atoms with Crippen molar-refractivity contribution in [1.82, 2.24) is 26.6 Å². The third-order valence-electron chi connectivity index (χ3n) is 10.1. The maximum Gasteiger partial charge on any atom is 0.497 e. The van der Waals surface area contributed by atoms with Crippen LogP contribution in [0.3, 0.4) is 0 Å². The smallest absolute Gasteiger partial charge is 0.403 e. The van der Waals surface area contributed by atoms with Crippen LogP contribution in [0.15, 0.2) is 0 Å². The van der Waals surface area contributed by atoms with Crippen LogP contribution in [0.5, 0.6) is 0 Å². The van der Waals surface area contributed by atoms with Crippen molar-refractivity contribution >= 4 is 36.7 Å². The molecule has 4 rings (SSSR count). The van der Waals surface area contributed by atoms with Gasteiger partial charge in [-0.1, -0.05) is 13.8 Å². The molecule has 3 saturated carbocycles. The van der Waals surface area contributed by atoms with E-state index in [4.69, 9.17) is 26.5 Å². The van der Waals surface area contributed by atoms with E-state index in [1.54, 1.807) is 0 Å². The quantitative estimate of drug-likeness (QED) is 0.0445. The Labute approximate surface area is 277 Å². The number of aliphatic hydroxyl groups is 1. The average molecular weight is 667 g/mol. The first kappa shape index (κ1) is 38.6. The summed E-state index contributed by atoms with van der Waals surface area (Å²) < 4.78 is 12.6. The van der Waals surface area contributed by atoms with Crippen LogP contribution in [0.1, 0.15) is 80.1 Å². The number of amides is 5. The molecule has 16 nitrogen and oxygen atoms in total. The number of nitrogens with two attached hydrogens (primary N) is 3. The minimum Gasteiger partial charge on any atom is -0.403 e. The monoisotopic (exact) mass is 666 g/mol. The SMILES string of the molecule is CC(=O)N[C@@H](CCN)C(=O)N[C@H](C(=O)N[C@@H](C)C(=O)N[C@@H](CCCCN)C(=O)N[C@@H](N)B1O[C@@H]2C[C@@H]3C[C@@H](C3(C)C)[C@]2(C)O1)[C@@H](C)O. The highest BCUT2D eigenvalue weighted by atomic mass is 16.7. The Morgan fingerprint density at radius 3 is 2.06 bits per heavy atom. The maximum atomic E-state index is 13.4. The lowest BCUT2D eigenvalue weighted by atomic mass is 9.43. The van der Waals surface area contributed by atoms with Crippen LogP contribution < -0.4 is 43.8 Å². The summed E-state index contributed by atoms with van der Waals surface area (Å²) in [6, 6.07) is -5.62. The van der Waals surface area contributed by atoms with Crippen molar-refractivity contribution in [3.8, 4) is 0 Å². The number of carbonyl (C=O) groups excluding carboxylic acids is 5. The van der Waals surface area contributed by atoms with E-state index < -0.39 is 78.6 Å². The first-order valence-electron chi connectivity index (χ1n) is 16.6. The minimum atomic E-state index is -1.44. The Morgan fingerprint density at radius 1 is 0.851 bits per heavy atom. The second kappa shape index (κ2) is 16.0. The van der Waals surface area contributed by atoms with Crippen LogP contribution in [0, 0.1) is 17.3 Å². The summed E-state index contributed by atoms with van der Waals surface area (Å²) in [5.74, 6) is -2.39. The van der Waals surface area contributed by atoms with Gasteiger partial charge < -0.3 is 58.2 Å². The van der Waals surface area contributed by atoms with Crippen LogP contribution in [-0.4, -0.2) is 103 Å². The molecule has 0 aromatic heterocycles. The van der Waals surface area contributed by atoms with E-state index in [1.165, 1.54) is 20.8 Å². The van der Waals surface area contributed by atoms with Gasteiger partial charge in [-0.2, -0.15) is 0 Å². The van der Waals surface area contributed by atoms with Gasteiger partial charge in [0.2, 0.25) is 29.5 Å². The molecule has 0 aromatic rings. The van der Waals surface area contributed by atoms with Crippen molar-refractivity contribution < 1.29 is 38.4 Å². The van der Waals surface area contributed by atoms with Crippen molar-refractivity contribution in [1.29, 1.82) is 0 Å². The van der Waals surface area contributed by atoms with Gasteiger partial charge in [0, 0.05) is 6.92 Å². The van der Waals surface area contributed by atoms with E-state index in [9.17, 15) is 29.1 Å². The summed E-state index contributed by atoms with van der Waals surface area (Å²) in [4.78, 5) is 63.9. The molecule has 17 heteroatoms. The van der Waals surface area contributed by atoms with Gasteiger partial charge in [-0.3, -0.25) is 24.0 Å². The van der Waals surface area contributed by atoms with Gasteiger partial charge in [-0.25, -0.2) is 0 Å². The maximum absolute atomic E-state index is 13.4. The predicted molar refractivity (Wildman–Crippen MR) is 174 cm³/mol. The number of rotatable bonds is 17. The third kappa shape index (κ3) is 9.00. The van der Waals surface area contributed by atoms with Crippen molar-refractivity contribution in [2.45, 2.75) is 128 Å². The average Bonchev–Trinajstić information content (AvgIpc) is 3.35. The van der Waals surface area contributed by atoms with Gasteiger partial charge in [0.05, 0.1) is 17.8 Å². The zero-order valence-corrected chi connectivity index (χ0v) is 28.5. The molecule has 3 aliphatic carbocycles. The molecule has 12 N–H and O–H groups in total. The molecule has 4 aliphatic rings. The Hall–Kier alpha value is -2.83. The zero-order chi connectivity index (χ0) is 35.3. The fourth-order valence-corrected chi connectivity index (χ4v) is 7.15. The lowest BCUT2D eigenvalue weighted by Crippen LogP contribution is -2.65. The summed E-state index contributed by atoms with van der Waals surface area (Å²) in [6.07, 6.45) is 1.98. The Morgan fingerprint density at radius 2 is 1.49 bits per heavy atom. The van der Waals surface area contributed by atoms with Gasteiger partial charge in [-0.05, 0) is 89.6 Å². The summed E-state index contributed by atoms with van der Waals surface area (Å²) in [5.41, 5.74) is 17.2. The molecule has 10 atom stereocenters. The summed E-state index contributed by atoms with van der Waals surface area (Å²) in [5, 5.41) is 23.0. The van der Waals surface area contributed by atoms with Gasteiger partial charge in [0.25, 0.3) is 0 Å². The molecule has 0 aromatic carbocycles. The predicted octanol–water partition coefficient (Wildman–Crippen LogP) is -2.51. The van der Waals surface area contributed by atoms with E-state index in [2.05, 4.69) is 47.4 Å². The highest BCUT2D eigenvalue weighted by Crippen LogP contribution is 2.65. The summed E-state index contributed by atoms with van der Waals surface area (Å²) in [7, 11) is -0.856. The normalized spacial score (nSPS) is 27.9. The highest BCUT2D eigenvalue weighted by Gasteiger charge is 2.68. The van der Waals surface area contributed by atoms with E-state index in [-0.39, 0.29) is 30.9 Å². The van der Waals surface area contributed by atoms with Crippen LogP contribution >= 0.6 is 0 Å². The number of hydrogen-bond donors (Lipinski definition) is 9. The van der Waals surface area contributed by atoms with E-state index in [0.717, 1.165) is 12.8 Å². The van der Waals surface area contributed by atoms with Crippen LogP contribution in [0.4, 0.5) is 0 Å². The van der Waals surface area contributed by atoms with E-state index in [1.807, 2.05) is 0 Å². The van der Waals surface area contributed by atoms with Crippen LogP contribution in [-0.2, 0) is 33.3 Å². The van der Waals surface area contributed by atoms with Gasteiger partial charge in [0.1, 0.15) is 30.2 Å². The molecule has 266 valence electrons. The number of aliphatic hydroxyl groups excluding tert-OH is 1. The number of nitrogens with one attached hydrogen (secondary N) is 5. The van der Waals surface area contributed by atoms with E-state index in [0.29, 0.717) is 31.2 Å². The second-order valence-electron chi connectivity index (χ2n) is 14.0. The molecule has 1 heterocycles. The molecule has 0 radical (unpaired) electrons. The van der Waals surface area contributed by atoms with Crippen molar-refractivity contribution in [3.63, 3.8) is 0 Å². The molecule has 0 spiro atoms. The highest BCUT2D eigenvalue weighted by molar-refractivity contribution is 6.47. The standard InChI is InChI=1S/C30H55BN8O8/c1-15(35-27(45)23(16(2)40)38-25(43)20(10-12-33)36-17(3)41)24(42)37-19(9-7-8-11-32)26(44)39-28(34)31-46-22-14-18-13-21(29(18,4)5)30(22,6)47-31/h15-16,18-23,28,40H,7-14,32-34H2,1-6H3,(H,35,45)(H,36,41)(H,37,42)(H,38,43)(H,39,44)/t15-,16+,18-,19-,20-,21-,22+,23-,28+,30-/m0/s1. The fourth-order valence-electron chi connectivity index (χ4n) is 7.15. The minimum absolute atomic E-state index is 0.0892. The number of unbranched alkanes of at least 4 members (excludes halogenated alkanes) is 1. The molecule has 2 bridgehead atoms. The second-order valence-corrected chi connectivity index (χ2v) is 14.0. The van der Waals surface area contributed by atoms with Crippen LogP contribution in [0.25, 0.3) is 0 Å². The first-order chi connectivity index (χ1) is 22.0. The Kier molecular flexibility index (Phi) is 13.2. The molecule has 4 fully saturated rings. The summed E-state index contributed by atoms with van der Waals surface area (Å²) in [6.45, 7) is 11.0. The molecule has 47 heavy (non-hydrogen) atoms. The lowest BCUT2D eigenvalue weighted by molar-refractivity contribution is -0.199. The van der Waals surface area contributed by atoms with Gasteiger partial charge in [0.15, 0.2) is 0 Å². The number of carbonyl (C=O) groups is 5. The molecular formula is C30H55BN8O8. The molecule has 1 aliphatic heterocycles. The number of hydrogen-bond acceptors (Lipinski definition) is 11.